The van der Waals surface area contributed by atoms with Gasteiger partial charge in [-0.3, -0.25) is 14.6 Å². The average molecular weight is 346 g/mol. The minimum absolute atomic E-state index is 0.173. The Kier molecular flexibility index (Phi) is 4.50. The highest BCUT2D eigenvalue weighted by Crippen LogP contribution is 2.28. The molecule has 1 aliphatic heterocycles. The summed E-state index contributed by atoms with van der Waals surface area (Å²) in [7, 11) is 0. The molecule has 0 aromatic heterocycles. The number of nitrogens with zero attached hydrogens (tertiary/aromatic N) is 2. The van der Waals surface area contributed by atoms with Crippen molar-refractivity contribution in [3.63, 3.8) is 0 Å². The zero-order valence-electron chi connectivity index (χ0n) is 13.4. The second kappa shape index (κ2) is 6.60. The molecule has 3 rings (SSSR count). The Bertz CT molecular complexity index is 813. The van der Waals surface area contributed by atoms with Crippen molar-refractivity contribution >= 4 is 17.6 Å². The normalized spacial score (nSPS) is 18.8. The van der Waals surface area contributed by atoms with E-state index in [9.17, 15) is 23.5 Å². The molecule has 1 fully saturated rings. The summed E-state index contributed by atoms with van der Waals surface area (Å²) in [4.78, 5) is 27.2. The fourth-order valence-corrected chi connectivity index (χ4v) is 2.86. The molecule has 2 atom stereocenters. The van der Waals surface area contributed by atoms with E-state index in [2.05, 4.69) is 0 Å². The molecule has 1 N–H and O–H groups in total. The highest BCUT2D eigenvalue weighted by molar-refractivity contribution is 6.14. The van der Waals surface area contributed by atoms with Crippen LogP contribution in [-0.4, -0.2) is 34.5 Å². The SMILES string of the molecule is C[C@@H]1C(=O)N(C[C@H](O)c2ccc(F)cc2F)C(=O)N1c1ccccc1. The molecule has 0 radical (unpaired) electrons. The van der Waals surface area contributed by atoms with Crippen molar-refractivity contribution in [1.29, 1.82) is 0 Å². The number of β-amino-alcohol motifs (C(OH)–C–C–N with tert-alkyl or cyclic N) is 1. The molecule has 1 saturated heterocycles. The largest absolute Gasteiger partial charge is 0.386 e. The van der Waals surface area contributed by atoms with E-state index in [1.807, 2.05) is 0 Å². The highest BCUT2D eigenvalue weighted by atomic mass is 19.1. The van der Waals surface area contributed by atoms with Gasteiger partial charge in [0.2, 0.25) is 0 Å². The minimum Gasteiger partial charge on any atom is -0.386 e. The molecule has 2 aromatic rings. The number of carbonyl (C=O) groups excluding carboxylic acids is 2. The summed E-state index contributed by atoms with van der Waals surface area (Å²) in [5, 5.41) is 10.2. The zero-order chi connectivity index (χ0) is 18.1. The van der Waals surface area contributed by atoms with Gasteiger partial charge >= 0.3 is 6.03 Å². The van der Waals surface area contributed by atoms with Crippen LogP contribution < -0.4 is 4.90 Å². The van der Waals surface area contributed by atoms with E-state index >= 15 is 0 Å². The monoisotopic (exact) mass is 346 g/mol. The first-order chi connectivity index (χ1) is 11.9. The number of hydrogen-bond donors (Lipinski definition) is 1. The van der Waals surface area contributed by atoms with Gasteiger partial charge in [0.1, 0.15) is 17.7 Å². The average Bonchev–Trinajstić information content (AvgIpc) is 2.79. The molecule has 0 bridgehead atoms. The lowest BCUT2D eigenvalue weighted by Crippen LogP contribution is -2.36. The number of amides is 3. The topological polar surface area (TPSA) is 60.9 Å². The Hall–Kier alpha value is -2.80. The number of urea groups is 1. The maximum absolute atomic E-state index is 13.8. The lowest BCUT2D eigenvalue weighted by molar-refractivity contribution is -0.128. The summed E-state index contributed by atoms with van der Waals surface area (Å²) in [6, 6.07) is 10.1. The molecule has 25 heavy (non-hydrogen) atoms. The van der Waals surface area contributed by atoms with Crippen LogP contribution in [0.4, 0.5) is 19.3 Å². The van der Waals surface area contributed by atoms with Crippen molar-refractivity contribution in [2.24, 2.45) is 0 Å². The molecule has 3 amide bonds. The Balaban J connectivity index is 1.83. The van der Waals surface area contributed by atoms with Gasteiger partial charge in [-0.2, -0.15) is 0 Å². The molecule has 5 nitrogen and oxygen atoms in total. The highest BCUT2D eigenvalue weighted by Gasteiger charge is 2.44. The molecule has 0 saturated carbocycles. The van der Waals surface area contributed by atoms with Crippen LogP contribution in [0.2, 0.25) is 0 Å². The first-order valence-corrected chi connectivity index (χ1v) is 7.72. The lowest BCUT2D eigenvalue weighted by Gasteiger charge is -2.21. The second-order valence-electron chi connectivity index (χ2n) is 5.79. The maximum atomic E-state index is 13.8. The summed E-state index contributed by atoms with van der Waals surface area (Å²) < 4.78 is 26.8. The molecule has 7 heteroatoms. The van der Waals surface area contributed by atoms with Gasteiger partial charge in [0, 0.05) is 17.3 Å². The van der Waals surface area contributed by atoms with Gasteiger partial charge in [0.25, 0.3) is 5.91 Å². The molecular weight excluding hydrogens is 330 g/mol. The summed E-state index contributed by atoms with van der Waals surface area (Å²) >= 11 is 0. The number of para-hydroxylation sites is 1. The fourth-order valence-electron chi connectivity index (χ4n) is 2.86. The van der Waals surface area contributed by atoms with Crippen LogP contribution in [-0.2, 0) is 4.79 Å². The minimum atomic E-state index is -1.45. The van der Waals surface area contributed by atoms with E-state index < -0.39 is 42.3 Å². The summed E-state index contributed by atoms with van der Waals surface area (Å²) in [5.41, 5.74) is 0.381. The first kappa shape index (κ1) is 17.0. The van der Waals surface area contributed by atoms with Crippen LogP contribution >= 0.6 is 0 Å². The molecule has 0 unspecified atom stereocenters. The van der Waals surface area contributed by atoms with E-state index in [0.717, 1.165) is 17.0 Å². The number of halogens is 2. The van der Waals surface area contributed by atoms with Gasteiger partial charge in [-0.05, 0) is 25.1 Å². The van der Waals surface area contributed by atoms with E-state index in [4.69, 9.17) is 0 Å². The Labute approximate surface area is 143 Å². The number of hydrogen-bond acceptors (Lipinski definition) is 3. The Morgan fingerprint density at radius 1 is 1.12 bits per heavy atom. The van der Waals surface area contributed by atoms with Crippen molar-refractivity contribution in [2.45, 2.75) is 19.1 Å². The summed E-state index contributed by atoms with van der Waals surface area (Å²) in [5.74, 6) is -2.19. The van der Waals surface area contributed by atoms with E-state index in [0.29, 0.717) is 11.8 Å². The number of benzene rings is 2. The second-order valence-corrected chi connectivity index (χ2v) is 5.79. The third-order valence-corrected chi connectivity index (χ3v) is 4.16. The van der Waals surface area contributed by atoms with Crippen LogP contribution in [0.1, 0.15) is 18.6 Å². The zero-order valence-corrected chi connectivity index (χ0v) is 13.4. The first-order valence-electron chi connectivity index (χ1n) is 7.72. The van der Waals surface area contributed by atoms with Gasteiger partial charge in [-0.1, -0.05) is 24.3 Å². The number of imide groups is 1. The standard InChI is InChI=1S/C18H16F2N2O3/c1-11-17(24)21(18(25)22(11)13-5-3-2-4-6-13)10-16(23)14-8-7-12(19)9-15(14)20/h2-9,11,16,23H,10H2,1H3/t11-,16+/m1/s1. The van der Waals surface area contributed by atoms with Crippen molar-refractivity contribution in [3.05, 3.63) is 65.7 Å². The Morgan fingerprint density at radius 3 is 2.44 bits per heavy atom. The molecule has 0 spiro atoms. The lowest BCUT2D eigenvalue weighted by atomic mass is 10.1. The number of aliphatic hydroxyl groups excluding tert-OH is 1. The number of rotatable bonds is 4. The van der Waals surface area contributed by atoms with Crippen molar-refractivity contribution in [2.75, 3.05) is 11.4 Å². The number of anilines is 1. The van der Waals surface area contributed by atoms with Crippen LogP contribution in [0.5, 0.6) is 0 Å². The van der Waals surface area contributed by atoms with Gasteiger partial charge in [0.05, 0.1) is 12.6 Å². The van der Waals surface area contributed by atoms with Crippen LogP contribution in [0.3, 0.4) is 0 Å². The van der Waals surface area contributed by atoms with E-state index in [1.165, 1.54) is 4.90 Å². The number of aliphatic hydroxyl groups is 1. The van der Waals surface area contributed by atoms with Crippen LogP contribution in [0.25, 0.3) is 0 Å². The van der Waals surface area contributed by atoms with E-state index in [1.54, 1.807) is 37.3 Å². The van der Waals surface area contributed by atoms with Gasteiger partial charge in [0.15, 0.2) is 0 Å². The molecule has 1 aliphatic rings. The molecule has 2 aromatic carbocycles. The third-order valence-electron chi connectivity index (χ3n) is 4.16. The van der Waals surface area contributed by atoms with Gasteiger partial charge < -0.3 is 5.11 Å². The van der Waals surface area contributed by atoms with Crippen molar-refractivity contribution < 1.29 is 23.5 Å². The predicted octanol–water partition coefficient (Wildman–Crippen LogP) is 2.86. The quantitative estimate of drug-likeness (QED) is 0.866. The predicted molar refractivity (Wildman–Crippen MR) is 86.8 cm³/mol. The third kappa shape index (κ3) is 3.10. The smallest absolute Gasteiger partial charge is 0.332 e. The molecule has 1 heterocycles. The Morgan fingerprint density at radius 2 is 1.80 bits per heavy atom. The maximum Gasteiger partial charge on any atom is 0.332 e. The fraction of sp³-hybridized carbons (Fsp3) is 0.222. The van der Waals surface area contributed by atoms with Gasteiger partial charge in [-0.15, -0.1) is 0 Å². The summed E-state index contributed by atoms with van der Waals surface area (Å²) in [6.07, 6.45) is -1.45. The molecular formula is C18H16F2N2O3. The van der Waals surface area contributed by atoms with Crippen molar-refractivity contribution in [1.82, 2.24) is 4.90 Å². The van der Waals surface area contributed by atoms with Gasteiger partial charge in [-0.25, -0.2) is 13.6 Å². The van der Waals surface area contributed by atoms with E-state index in [-0.39, 0.29) is 5.56 Å². The van der Waals surface area contributed by atoms with Crippen LogP contribution in [0, 0.1) is 11.6 Å². The molecule has 0 aliphatic carbocycles. The van der Waals surface area contributed by atoms with Crippen molar-refractivity contribution in [3.8, 4) is 0 Å². The molecule has 130 valence electrons. The van der Waals surface area contributed by atoms with Crippen LogP contribution in [0.15, 0.2) is 48.5 Å². The summed E-state index contributed by atoms with van der Waals surface area (Å²) in [6.45, 7) is 1.17. The number of carbonyl (C=O) groups is 2.